The molecule has 2 aliphatic heterocycles. The second-order valence-electron chi connectivity index (χ2n) is 6.44. The largest absolute Gasteiger partial charge is 0.336 e. The maximum absolute atomic E-state index is 12.9. The quantitative estimate of drug-likeness (QED) is 0.770. The predicted octanol–water partition coefficient (Wildman–Crippen LogP) is 2.08. The Balaban J connectivity index is 1.45. The fraction of sp³-hybridized carbons (Fsp3) is 0.500. The van der Waals surface area contributed by atoms with Crippen molar-refractivity contribution in [2.75, 3.05) is 26.2 Å². The Morgan fingerprint density at radius 3 is 2.58 bits per heavy atom. The van der Waals surface area contributed by atoms with Crippen molar-refractivity contribution in [3.63, 3.8) is 0 Å². The minimum atomic E-state index is -3.55. The normalized spacial score (nSPS) is 18.7. The molecule has 26 heavy (non-hydrogen) atoms. The first-order valence-electron chi connectivity index (χ1n) is 8.56. The van der Waals surface area contributed by atoms with Gasteiger partial charge in [0.1, 0.15) is 4.21 Å². The number of carbonyl (C=O) groups excluding carboxylic acids is 1. The van der Waals surface area contributed by atoms with Gasteiger partial charge in [0.2, 0.25) is 0 Å². The molecule has 4 heterocycles. The Labute approximate surface area is 161 Å². The summed E-state index contributed by atoms with van der Waals surface area (Å²) < 4.78 is 29.3. The zero-order valence-corrected chi connectivity index (χ0v) is 16.5. The third-order valence-electron chi connectivity index (χ3n) is 4.88. The number of hydrogen-bond acceptors (Lipinski definition) is 5. The summed E-state index contributed by atoms with van der Waals surface area (Å²) in [5, 5.41) is 4.32. The molecule has 0 bridgehead atoms. The van der Waals surface area contributed by atoms with Crippen LogP contribution in [0.3, 0.4) is 0 Å². The Morgan fingerprint density at radius 1 is 1.12 bits per heavy atom. The van der Waals surface area contributed by atoms with Crippen LogP contribution in [-0.4, -0.2) is 59.5 Å². The Kier molecular flexibility index (Phi) is 4.81. The van der Waals surface area contributed by atoms with Gasteiger partial charge in [-0.3, -0.25) is 9.48 Å². The highest BCUT2D eigenvalue weighted by molar-refractivity contribution is 7.91. The molecule has 0 unspecified atom stereocenters. The van der Waals surface area contributed by atoms with E-state index >= 15 is 0 Å². The smallest absolute Gasteiger partial charge is 0.257 e. The first-order chi connectivity index (χ1) is 12.5. The maximum Gasteiger partial charge on any atom is 0.257 e. The van der Waals surface area contributed by atoms with E-state index in [0.717, 1.165) is 42.8 Å². The monoisotopic (exact) mass is 414 g/mol. The molecule has 0 radical (unpaired) electrons. The average molecular weight is 415 g/mol. The first-order valence-corrected chi connectivity index (χ1v) is 11.2. The molecule has 2 aromatic rings. The summed E-state index contributed by atoms with van der Waals surface area (Å²) in [6.45, 7) is 2.18. The summed E-state index contributed by atoms with van der Waals surface area (Å²) in [5.41, 5.74) is 1.66. The molecule has 1 fully saturated rings. The fourth-order valence-corrected chi connectivity index (χ4v) is 6.52. The van der Waals surface area contributed by atoms with Gasteiger partial charge in [0, 0.05) is 32.7 Å². The van der Waals surface area contributed by atoms with E-state index in [2.05, 4.69) is 5.10 Å². The number of aryl methyl sites for hydroxylation is 1. The van der Waals surface area contributed by atoms with Crippen LogP contribution in [0.5, 0.6) is 0 Å². The van der Waals surface area contributed by atoms with Crippen LogP contribution >= 0.6 is 22.9 Å². The van der Waals surface area contributed by atoms with E-state index in [1.54, 1.807) is 17.2 Å². The molecular formula is C16H19ClN4O3S2. The number of hydrogen-bond donors (Lipinski definition) is 0. The van der Waals surface area contributed by atoms with Crippen LogP contribution < -0.4 is 0 Å². The number of fused-ring (bicyclic) bond motifs is 1. The lowest BCUT2D eigenvalue weighted by atomic mass is 10.1. The molecule has 0 aromatic carbocycles. The lowest BCUT2D eigenvalue weighted by Gasteiger charge is -2.33. The van der Waals surface area contributed by atoms with Crippen LogP contribution in [0.1, 0.15) is 28.9 Å². The first kappa shape index (κ1) is 18.0. The number of halogens is 1. The van der Waals surface area contributed by atoms with Gasteiger partial charge in [0.25, 0.3) is 15.9 Å². The van der Waals surface area contributed by atoms with Gasteiger partial charge >= 0.3 is 0 Å². The Bertz CT molecular complexity index is 929. The van der Waals surface area contributed by atoms with Crippen molar-refractivity contribution < 1.29 is 13.2 Å². The van der Waals surface area contributed by atoms with E-state index < -0.39 is 10.0 Å². The number of rotatable bonds is 3. The molecule has 140 valence electrons. The van der Waals surface area contributed by atoms with Crippen molar-refractivity contribution in [1.29, 1.82) is 0 Å². The lowest BCUT2D eigenvalue weighted by Crippen LogP contribution is -2.50. The average Bonchev–Trinajstić information content (AvgIpc) is 3.28. The Morgan fingerprint density at radius 2 is 1.88 bits per heavy atom. The number of piperazine rings is 1. The minimum absolute atomic E-state index is 0.0515. The SMILES string of the molecule is O=C(c1cnn2c1CCCC2)N1CCN(S(=O)(=O)c2ccc(Cl)s2)CC1. The van der Waals surface area contributed by atoms with Crippen molar-refractivity contribution in [1.82, 2.24) is 19.0 Å². The topological polar surface area (TPSA) is 75.5 Å². The van der Waals surface area contributed by atoms with Gasteiger partial charge in [-0.25, -0.2) is 8.42 Å². The second-order valence-corrected chi connectivity index (χ2v) is 10.3. The van der Waals surface area contributed by atoms with Crippen LogP contribution in [0, 0.1) is 0 Å². The summed E-state index contributed by atoms with van der Waals surface area (Å²) in [7, 11) is -3.55. The molecule has 4 rings (SSSR count). The van der Waals surface area contributed by atoms with E-state index in [9.17, 15) is 13.2 Å². The van der Waals surface area contributed by atoms with Crippen molar-refractivity contribution in [3.05, 3.63) is 33.9 Å². The molecule has 1 saturated heterocycles. The number of carbonyl (C=O) groups is 1. The van der Waals surface area contributed by atoms with Gasteiger partial charge in [-0.1, -0.05) is 11.6 Å². The molecule has 2 aromatic heterocycles. The molecular weight excluding hydrogens is 396 g/mol. The van der Waals surface area contributed by atoms with E-state index in [1.807, 2.05) is 4.68 Å². The van der Waals surface area contributed by atoms with Crippen molar-refractivity contribution in [2.45, 2.75) is 30.0 Å². The number of amides is 1. The van der Waals surface area contributed by atoms with Crippen molar-refractivity contribution >= 4 is 38.9 Å². The predicted molar refractivity (Wildman–Crippen MR) is 99.2 cm³/mol. The van der Waals surface area contributed by atoms with Gasteiger partial charge < -0.3 is 4.90 Å². The van der Waals surface area contributed by atoms with Gasteiger partial charge in [-0.2, -0.15) is 9.40 Å². The summed E-state index contributed by atoms with van der Waals surface area (Å²) in [6.07, 6.45) is 4.68. The Hall–Kier alpha value is -1.42. The molecule has 0 N–H and O–H groups in total. The van der Waals surface area contributed by atoms with Gasteiger partial charge in [0.15, 0.2) is 0 Å². The zero-order chi connectivity index (χ0) is 18.3. The zero-order valence-electron chi connectivity index (χ0n) is 14.1. The third-order valence-corrected chi connectivity index (χ3v) is 8.48. The molecule has 7 nitrogen and oxygen atoms in total. The van der Waals surface area contributed by atoms with Crippen LogP contribution in [0.4, 0.5) is 0 Å². The van der Waals surface area contributed by atoms with E-state index in [4.69, 9.17) is 11.6 Å². The third kappa shape index (κ3) is 3.17. The number of sulfonamides is 1. The standard InChI is InChI=1S/C16H19ClN4O3S2/c17-14-4-5-15(25-14)26(23,24)20-9-7-19(8-10-20)16(22)12-11-18-21-6-2-1-3-13(12)21/h4-5,11H,1-3,6-10H2. The van der Waals surface area contributed by atoms with E-state index in [0.29, 0.717) is 23.0 Å². The summed E-state index contributed by atoms with van der Waals surface area (Å²) in [5.74, 6) is -0.0515. The molecule has 10 heteroatoms. The highest BCUT2D eigenvalue weighted by Crippen LogP contribution is 2.29. The van der Waals surface area contributed by atoms with Crippen molar-refractivity contribution in [2.24, 2.45) is 0 Å². The lowest BCUT2D eigenvalue weighted by molar-refractivity contribution is 0.0696. The second kappa shape index (κ2) is 6.95. The highest BCUT2D eigenvalue weighted by Gasteiger charge is 2.32. The molecule has 0 spiro atoms. The van der Waals surface area contributed by atoms with E-state index in [-0.39, 0.29) is 23.2 Å². The van der Waals surface area contributed by atoms with Crippen LogP contribution in [0.15, 0.2) is 22.5 Å². The van der Waals surface area contributed by atoms with Gasteiger partial charge in [-0.15, -0.1) is 11.3 Å². The summed E-state index contributed by atoms with van der Waals surface area (Å²) in [6, 6.07) is 3.11. The highest BCUT2D eigenvalue weighted by atomic mass is 35.5. The fourth-order valence-electron chi connectivity index (χ4n) is 3.47. The minimum Gasteiger partial charge on any atom is -0.336 e. The maximum atomic E-state index is 12.9. The van der Waals surface area contributed by atoms with Crippen molar-refractivity contribution in [3.8, 4) is 0 Å². The van der Waals surface area contributed by atoms with Gasteiger partial charge in [0.05, 0.1) is 21.8 Å². The molecule has 2 aliphatic rings. The van der Waals surface area contributed by atoms with Gasteiger partial charge in [-0.05, 0) is 31.4 Å². The van der Waals surface area contributed by atoms with E-state index in [1.165, 1.54) is 10.4 Å². The molecule has 0 atom stereocenters. The molecule has 0 saturated carbocycles. The number of nitrogens with zero attached hydrogens (tertiary/aromatic N) is 4. The summed E-state index contributed by atoms with van der Waals surface area (Å²) in [4.78, 5) is 14.6. The molecule has 1 amide bonds. The number of thiophene rings is 1. The van der Waals surface area contributed by atoms with Crippen LogP contribution in [0.25, 0.3) is 0 Å². The summed E-state index contributed by atoms with van der Waals surface area (Å²) >= 11 is 6.91. The molecule has 0 aliphatic carbocycles. The van der Waals surface area contributed by atoms with Crippen LogP contribution in [0.2, 0.25) is 4.34 Å². The van der Waals surface area contributed by atoms with Crippen LogP contribution in [-0.2, 0) is 23.0 Å². The number of aromatic nitrogens is 2.